The highest BCUT2D eigenvalue weighted by atomic mass is 16.6. The Kier molecular flexibility index (Phi) is 4.79. The van der Waals surface area contributed by atoms with E-state index in [4.69, 9.17) is 5.73 Å². The number of nitro benzene ring substituents is 1. The number of amides is 1. The number of nitrogens with one attached hydrogen (secondary N) is 1. The Morgan fingerprint density at radius 1 is 1.56 bits per heavy atom. The first-order valence-corrected chi connectivity index (χ1v) is 5.71. The van der Waals surface area contributed by atoms with Crippen molar-refractivity contribution >= 4 is 11.6 Å². The summed E-state index contributed by atoms with van der Waals surface area (Å²) < 4.78 is 0. The molecule has 0 spiro atoms. The van der Waals surface area contributed by atoms with Crippen molar-refractivity contribution < 1.29 is 9.72 Å². The fraction of sp³-hybridized carbons (Fsp3) is 0.417. The van der Waals surface area contributed by atoms with Gasteiger partial charge in [-0.15, -0.1) is 0 Å². The zero-order valence-corrected chi connectivity index (χ0v) is 10.5. The van der Waals surface area contributed by atoms with E-state index < -0.39 is 10.8 Å². The Hall–Kier alpha value is -1.95. The SMILES string of the molecule is Cc1cccc([N+](=O)[O-])c1C(=O)NCCC(C)N. The van der Waals surface area contributed by atoms with Crippen LogP contribution in [0.25, 0.3) is 0 Å². The third-order valence-electron chi connectivity index (χ3n) is 2.56. The van der Waals surface area contributed by atoms with Crippen LogP contribution >= 0.6 is 0 Å². The fourth-order valence-corrected chi connectivity index (χ4v) is 1.60. The van der Waals surface area contributed by atoms with Crippen molar-refractivity contribution in [1.82, 2.24) is 5.32 Å². The molecule has 0 aliphatic heterocycles. The summed E-state index contributed by atoms with van der Waals surface area (Å²) in [6, 6.07) is 4.55. The second kappa shape index (κ2) is 6.11. The van der Waals surface area contributed by atoms with Crippen LogP contribution in [-0.2, 0) is 0 Å². The second-order valence-electron chi connectivity index (χ2n) is 4.25. The molecule has 0 radical (unpaired) electrons. The topological polar surface area (TPSA) is 98.3 Å². The molecule has 0 saturated heterocycles. The molecule has 1 rings (SSSR count). The summed E-state index contributed by atoms with van der Waals surface area (Å²) in [5, 5.41) is 13.5. The van der Waals surface area contributed by atoms with Crippen molar-refractivity contribution in [2.24, 2.45) is 5.73 Å². The van der Waals surface area contributed by atoms with Crippen molar-refractivity contribution in [3.63, 3.8) is 0 Å². The van der Waals surface area contributed by atoms with E-state index in [0.717, 1.165) is 0 Å². The maximum absolute atomic E-state index is 11.9. The van der Waals surface area contributed by atoms with Gasteiger partial charge in [-0.1, -0.05) is 12.1 Å². The van der Waals surface area contributed by atoms with Crippen molar-refractivity contribution in [3.8, 4) is 0 Å². The molecule has 1 aromatic carbocycles. The quantitative estimate of drug-likeness (QED) is 0.610. The van der Waals surface area contributed by atoms with E-state index >= 15 is 0 Å². The largest absolute Gasteiger partial charge is 0.352 e. The van der Waals surface area contributed by atoms with E-state index in [9.17, 15) is 14.9 Å². The van der Waals surface area contributed by atoms with E-state index in [1.54, 1.807) is 19.1 Å². The fourth-order valence-electron chi connectivity index (χ4n) is 1.60. The summed E-state index contributed by atoms with van der Waals surface area (Å²) in [5.74, 6) is -0.430. The standard InChI is InChI=1S/C12H17N3O3/c1-8-4-3-5-10(15(17)18)11(8)12(16)14-7-6-9(2)13/h3-5,9H,6-7,13H2,1-2H3,(H,14,16). The van der Waals surface area contributed by atoms with Gasteiger partial charge in [0.1, 0.15) is 5.56 Å². The van der Waals surface area contributed by atoms with Crippen LogP contribution in [0.4, 0.5) is 5.69 Å². The molecule has 0 saturated carbocycles. The molecule has 1 aromatic rings. The minimum Gasteiger partial charge on any atom is -0.352 e. The molecular weight excluding hydrogens is 234 g/mol. The van der Waals surface area contributed by atoms with E-state index in [0.29, 0.717) is 18.5 Å². The molecule has 6 heteroatoms. The predicted octanol–water partition coefficient (Wildman–Crippen LogP) is 1.37. The first-order valence-electron chi connectivity index (χ1n) is 5.71. The minimum absolute atomic E-state index is 0.0165. The summed E-state index contributed by atoms with van der Waals surface area (Å²) in [6.45, 7) is 3.91. The number of nitrogens with two attached hydrogens (primary N) is 1. The van der Waals surface area contributed by atoms with Crippen LogP contribution in [0.1, 0.15) is 29.3 Å². The van der Waals surface area contributed by atoms with Gasteiger partial charge >= 0.3 is 0 Å². The lowest BCUT2D eigenvalue weighted by Crippen LogP contribution is -2.29. The van der Waals surface area contributed by atoms with Crippen LogP contribution in [0.3, 0.4) is 0 Å². The summed E-state index contributed by atoms with van der Waals surface area (Å²) in [7, 11) is 0. The molecule has 6 nitrogen and oxygen atoms in total. The number of rotatable bonds is 5. The Morgan fingerprint density at radius 2 is 2.22 bits per heavy atom. The number of hydrogen-bond acceptors (Lipinski definition) is 4. The van der Waals surface area contributed by atoms with Crippen LogP contribution in [0, 0.1) is 17.0 Å². The maximum atomic E-state index is 11.9. The van der Waals surface area contributed by atoms with Gasteiger partial charge in [-0.3, -0.25) is 14.9 Å². The lowest BCUT2D eigenvalue weighted by Gasteiger charge is -2.09. The lowest BCUT2D eigenvalue weighted by atomic mass is 10.1. The van der Waals surface area contributed by atoms with Crippen molar-refractivity contribution in [2.75, 3.05) is 6.54 Å². The van der Waals surface area contributed by atoms with Crippen LogP contribution in [0.15, 0.2) is 18.2 Å². The molecule has 0 aromatic heterocycles. The van der Waals surface area contributed by atoms with Crippen molar-refractivity contribution in [3.05, 3.63) is 39.4 Å². The highest BCUT2D eigenvalue weighted by Crippen LogP contribution is 2.21. The summed E-state index contributed by atoms with van der Waals surface area (Å²) in [4.78, 5) is 22.2. The average molecular weight is 251 g/mol. The first kappa shape index (κ1) is 14.1. The van der Waals surface area contributed by atoms with Gasteiger partial charge in [-0.05, 0) is 25.8 Å². The van der Waals surface area contributed by atoms with Crippen molar-refractivity contribution in [1.29, 1.82) is 0 Å². The molecule has 0 aliphatic rings. The van der Waals surface area contributed by atoms with E-state index in [-0.39, 0.29) is 17.3 Å². The molecule has 0 aliphatic carbocycles. The van der Waals surface area contributed by atoms with Gasteiger partial charge in [0.15, 0.2) is 0 Å². The normalized spacial score (nSPS) is 11.9. The number of nitrogens with zero attached hydrogens (tertiary/aromatic N) is 1. The highest BCUT2D eigenvalue weighted by molar-refractivity contribution is 5.99. The second-order valence-corrected chi connectivity index (χ2v) is 4.25. The van der Waals surface area contributed by atoms with Crippen LogP contribution < -0.4 is 11.1 Å². The molecule has 1 amide bonds. The number of benzene rings is 1. The summed E-state index contributed by atoms with van der Waals surface area (Å²) in [6.07, 6.45) is 0.630. The zero-order chi connectivity index (χ0) is 13.7. The molecule has 0 bridgehead atoms. The maximum Gasteiger partial charge on any atom is 0.282 e. The third kappa shape index (κ3) is 3.53. The average Bonchev–Trinajstić information content (AvgIpc) is 2.27. The lowest BCUT2D eigenvalue weighted by molar-refractivity contribution is -0.385. The molecule has 1 unspecified atom stereocenters. The number of nitro groups is 1. The molecule has 3 N–H and O–H groups in total. The van der Waals surface area contributed by atoms with Gasteiger partial charge < -0.3 is 11.1 Å². The van der Waals surface area contributed by atoms with Crippen LogP contribution in [-0.4, -0.2) is 23.4 Å². The predicted molar refractivity (Wildman–Crippen MR) is 68.4 cm³/mol. The molecule has 0 fully saturated rings. The van der Waals surface area contributed by atoms with E-state index in [1.165, 1.54) is 6.07 Å². The Balaban J connectivity index is 2.88. The monoisotopic (exact) mass is 251 g/mol. The number of hydrogen-bond donors (Lipinski definition) is 2. The minimum atomic E-state index is -0.548. The van der Waals surface area contributed by atoms with Gasteiger partial charge in [0.25, 0.3) is 11.6 Å². The zero-order valence-electron chi connectivity index (χ0n) is 10.5. The van der Waals surface area contributed by atoms with Gasteiger partial charge in [0.2, 0.25) is 0 Å². The summed E-state index contributed by atoms with van der Waals surface area (Å²) in [5.41, 5.74) is 6.10. The van der Waals surface area contributed by atoms with Crippen molar-refractivity contribution in [2.45, 2.75) is 26.3 Å². The highest BCUT2D eigenvalue weighted by Gasteiger charge is 2.21. The molecular formula is C12H17N3O3. The molecule has 0 heterocycles. The van der Waals surface area contributed by atoms with Gasteiger partial charge in [-0.2, -0.15) is 0 Å². The smallest absolute Gasteiger partial charge is 0.282 e. The van der Waals surface area contributed by atoms with Crippen LogP contribution in [0.5, 0.6) is 0 Å². The third-order valence-corrected chi connectivity index (χ3v) is 2.56. The first-order chi connectivity index (χ1) is 8.43. The molecule has 98 valence electrons. The number of carbonyl (C=O) groups excluding carboxylic acids is 1. The van der Waals surface area contributed by atoms with Gasteiger partial charge in [0, 0.05) is 18.7 Å². The summed E-state index contributed by atoms with van der Waals surface area (Å²) >= 11 is 0. The number of aryl methyl sites for hydroxylation is 1. The number of carbonyl (C=O) groups is 1. The van der Waals surface area contributed by atoms with Crippen LogP contribution in [0.2, 0.25) is 0 Å². The van der Waals surface area contributed by atoms with Gasteiger partial charge in [-0.25, -0.2) is 0 Å². The van der Waals surface area contributed by atoms with E-state index in [1.807, 2.05) is 6.92 Å². The van der Waals surface area contributed by atoms with E-state index in [2.05, 4.69) is 5.32 Å². The Labute approximate surface area is 105 Å². The Bertz CT molecular complexity index is 458. The van der Waals surface area contributed by atoms with Gasteiger partial charge in [0.05, 0.1) is 4.92 Å². The molecule has 1 atom stereocenters. The Morgan fingerprint density at radius 3 is 2.78 bits per heavy atom. The molecule has 18 heavy (non-hydrogen) atoms.